The molecule has 2 N–H and O–H groups in total. The average molecular weight is 345 g/mol. The summed E-state index contributed by atoms with van der Waals surface area (Å²) in [4.78, 5) is 11.8. The van der Waals surface area contributed by atoms with E-state index < -0.39 is 29.5 Å². The Hall–Kier alpha value is -1.97. The fourth-order valence-corrected chi connectivity index (χ4v) is 1.84. The normalized spacial score (nSPS) is 13.0. The zero-order valence-corrected chi connectivity index (χ0v) is 11.7. The van der Waals surface area contributed by atoms with Gasteiger partial charge in [-0.3, -0.25) is 4.79 Å². The molecule has 0 atom stereocenters. The van der Waals surface area contributed by atoms with Crippen LogP contribution < -0.4 is 4.90 Å². The number of hydrogen-bond acceptors (Lipinski definition) is 3. The van der Waals surface area contributed by atoms with Gasteiger partial charge in [0, 0.05) is 24.8 Å². The smallest absolute Gasteiger partial charge is 0.430 e. The van der Waals surface area contributed by atoms with Crippen LogP contribution in [-0.2, 0) is 10.4 Å². The topological polar surface area (TPSA) is 60.8 Å². The van der Waals surface area contributed by atoms with Gasteiger partial charge < -0.3 is 15.1 Å². The van der Waals surface area contributed by atoms with Gasteiger partial charge in [0.25, 0.3) is 5.60 Å². The van der Waals surface area contributed by atoms with E-state index in [9.17, 15) is 36.2 Å². The van der Waals surface area contributed by atoms with E-state index in [0.717, 1.165) is 12.1 Å². The van der Waals surface area contributed by atoms with E-state index in [1.807, 2.05) is 0 Å². The number of hydrogen-bond donors (Lipinski definition) is 2. The molecule has 0 aliphatic carbocycles. The lowest BCUT2D eigenvalue weighted by molar-refractivity contribution is -0.376. The summed E-state index contributed by atoms with van der Waals surface area (Å²) >= 11 is 0. The quantitative estimate of drug-likeness (QED) is 0.806. The lowest BCUT2D eigenvalue weighted by Crippen LogP contribution is -2.53. The minimum Gasteiger partial charge on any atom is -0.481 e. The molecule has 1 aromatic carbocycles. The summed E-state index contributed by atoms with van der Waals surface area (Å²) in [7, 11) is 1.43. The molecule has 0 spiro atoms. The second-order valence-corrected chi connectivity index (χ2v) is 4.82. The first kappa shape index (κ1) is 19.1. The second kappa shape index (κ2) is 6.26. The Morgan fingerprint density at radius 1 is 1.04 bits per heavy atom. The SMILES string of the molecule is CN(CCC(=O)O)c1ccc(C(O)(C(F)(F)F)C(F)(F)F)cc1. The molecule has 0 radical (unpaired) electrons. The number of carboxylic acid groups (broad SMARTS) is 1. The third-order valence-electron chi connectivity index (χ3n) is 3.21. The van der Waals surface area contributed by atoms with Crippen molar-refractivity contribution >= 4 is 11.7 Å². The predicted octanol–water partition coefficient (Wildman–Crippen LogP) is 2.91. The fraction of sp³-hybridized carbons (Fsp3) is 0.462. The third kappa shape index (κ3) is 3.87. The van der Waals surface area contributed by atoms with Crippen LogP contribution in [0.1, 0.15) is 12.0 Å². The summed E-state index contributed by atoms with van der Waals surface area (Å²) in [6.45, 7) is 0.0114. The van der Waals surface area contributed by atoms with E-state index in [1.54, 1.807) is 0 Å². The van der Waals surface area contributed by atoms with E-state index in [1.165, 1.54) is 11.9 Å². The van der Waals surface area contributed by atoms with Crippen LogP contribution in [0.3, 0.4) is 0 Å². The summed E-state index contributed by atoms with van der Waals surface area (Å²) in [6.07, 6.45) is -12.1. The van der Waals surface area contributed by atoms with E-state index in [0.29, 0.717) is 12.1 Å². The number of carbonyl (C=O) groups is 1. The number of aliphatic carboxylic acids is 1. The first-order valence-electron chi connectivity index (χ1n) is 6.20. The standard InChI is InChI=1S/C13H13F6NO3/c1-20(7-6-10(21)22)9-4-2-8(3-5-9)11(23,12(14,15)16)13(17,18)19/h2-5,23H,6-7H2,1H3,(H,21,22). The molecule has 10 heteroatoms. The Morgan fingerprint density at radius 2 is 1.48 bits per heavy atom. The molecule has 0 fully saturated rings. The summed E-state index contributed by atoms with van der Waals surface area (Å²) < 4.78 is 76.3. The highest BCUT2D eigenvalue weighted by Crippen LogP contribution is 2.50. The van der Waals surface area contributed by atoms with Crippen LogP contribution in [0.4, 0.5) is 32.0 Å². The number of alkyl halides is 6. The highest BCUT2D eigenvalue weighted by molar-refractivity contribution is 5.67. The van der Waals surface area contributed by atoms with Crippen LogP contribution in [0.2, 0.25) is 0 Å². The first-order chi connectivity index (χ1) is 10.3. The molecule has 0 bridgehead atoms. The van der Waals surface area contributed by atoms with Gasteiger partial charge in [0.15, 0.2) is 0 Å². The molecule has 0 aliphatic rings. The predicted molar refractivity (Wildman–Crippen MR) is 68.0 cm³/mol. The zero-order valence-electron chi connectivity index (χ0n) is 11.7. The number of nitrogens with zero attached hydrogens (tertiary/aromatic N) is 1. The average Bonchev–Trinajstić information content (AvgIpc) is 2.41. The number of halogens is 6. The van der Waals surface area contributed by atoms with Gasteiger partial charge in [-0.25, -0.2) is 0 Å². The maximum atomic E-state index is 12.7. The summed E-state index contributed by atoms with van der Waals surface area (Å²) in [6, 6.07) is 2.90. The maximum Gasteiger partial charge on any atom is 0.430 e. The van der Waals surface area contributed by atoms with Gasteiger partial charge >= 0.3 is 18.3 Å². The summed E-state index contributed by atoms with van der Waals surface area (Å²) in [5.41, 5.74) is -6.13. The van der Waals surface area contributed by atoms with Crippen molar-refractivity contribution in [2.24, 2.45) is 0 Å². The Morgan fingerprint density at radius 3 is 1.83 bits per heavy atom. The van der Waals surface area contributed by atoms with Crippen molar-refractivity contribution in [3.8, 4) is 0 Å². The van der Waals surface area contributed by atoms with E-state index >= 15 is 0 Å². The number of benzene rings is 1. The number of carboxylic acids is 1. The second-order valence-electron chi connectivity index (χ2n) is 4.82. The van der Waals surface area contributed by atoms with E-state index in [4.69, 9.17) is 5.11 Å². The fourth-order valence-electron chi connectivity index (χ4n) is 1.84. The van der Waals surface area contributed by atoms with Gasteiger partial charge in [-0.15, -0.1) is 0 Å². The first-order valence-corrected chi connectivity index (χ1v) is 6.20. The molecule has 23 heavy (non-hydrogen) atoms. The van der Waals surface area contributed by atoms with Crippen LogP contribution in [0, 0.1) is 0 Å². The monoisotopic (exact) mass is 345 g/mol. The maximum absolute atomic E-state index is 12.7. The van der Waals surface area contributed by atoms with Crippen molar-refractivity contribution in [1.29, 1.82) is 0 Å². The molecule has 130 valence electrons. The molecular weight excluding hydrogens is 332 g/mol. The van der Waals surface area contributed by atoms with Crippen molar-refractivity contribution in [3.05, 3.63) is 29.8 Å². The van der Waals surface area contributed by atoms with Crippen molar-refractivity contribution < 1.29 is 41.4 Å². The largest absolute Gasteiger partial charge is 0.481 e. The van der Waals surface area contributed by atoms with Crippen LogP contribution in [0.15, 0.2) is 24.3 Å². The van der Waals surface area contributed by atoms with E-state index in [-0.39, 0.29) is 18.7 Å². The number of rotatable bonds is 5. The molecule has 0 aliphatic heterocycles. The molecule has 4 nitrogen and oxygen atoms in total. The summed E-state index contributed by atoms with van der Waals surface area (Å²) in [5, 5.41) is 17.7. The van der Waals surface area contributed by atoms with Gasteiger partial charge in [0.05, 0.1) is 6.42 Å². The molecule has 1 aromatic rings. The molecule has 0 amide bonds. The highest BCUT2D eigenvalue weighted by Gasteiger charge is 2.71. The Kier molecular flexibility index (Phi) is 5.20. The number of anilines is 1. The molecule has 0 aromatic heterocycles. The lowest BCUT2D eigenvalue weighted by Gasteiger charge is -2.33. The van der Waals surface area contributed by atoms with E-state index in [2.05, 4.69) is 0 Å². The molecule has 0 unspecified atom stereocenters. The van der Waals surface area contributed by atoms with Crippen LogP contribution >= 0.6 is 0 Å². The Bertz CT molecular complexity index is 538. The van der Waals surface area contributed by atoms with Gasteiger partial charge in [0.1, 0.15) is 0 Å². The highest BCUT2D eigenvalue weighted by atomic mass is 19.4. The van der Waals surface area contributed by atoms with Crippen LogP contribution in [-0.4, -0.2) is 42.1 Å². The minimum absolute atomic E-state index is 0.0114. The molecule has 0 heterocycles. The van der Waals surface area contributed by atoms with Crippen molar-refractivity contribution in [1.82, 2.24) is 0 Å². The van der Waals surface area contributed by atoms with Gasteiger partial charge in [-0.2, -0.15) is 26.3 Å². The molecule has 0 saturated carbocycles. The molecular formula is C13H13F6NO3. The Labute approximate surface area is 126 Å². The Balaban J connectivity index is 3.13. The third-order valence-corrected chi connectivity index (χ3v) is 3.21. The minimum atomic E-state index is -5.94. The van der Waals surface area contributed by atoms with Crippen molar-refractivity contribution in [2.75, 3.05) is 18.5 Å². The molecule has 0 saturated heterocycles. The van der Waals surface area contributed by atoms with Crippen LogP contribution in [0.5, 0.6) is 0 Å². The summed E-state index contributed by atoms with van der Waals surface area (Å²) in [5.74, 6) is -1.10. The number of aliphatic hydroxyl groups is 1. The molecule has 1 rings (SSSR count). The van der Waals surface area contributed by atoms with Gasteiger partial charge in [-0.05, 0) is 12.1 Å². The van der Waals surface area contributed by atoms with Crippen molar-refractivity contribution in [3.63, 3.8) is 0 Å². The lowest BCUT2D eigenvalue weighted by atomic mass is 9.92. The zero-order chi connectivity index (χ0) is 18.1. The van der Waals surface area contributed by atoms with Crippen LogP contribution in [0.25, 0.3) is 0 Å². The van der Waals surface area contributed by atoms with Crippen molar-refractivity contribution in [2.45, 2.75) is 24.4 Å². The van der Waals surface area contributed by atoms with Gasteiger partial charge in [0.2, 0.25) is 0 Å². The van der Waals surface area contributed by atoms with Gasteiger partial charge in [-0.1, -0.05) is 12.1 Å².